The van der Waals surface area contributed by atoms with Crippen LogP contribution in [0.5, 0.6) is 0 Å². The molecule has 0 radical (unpaired) electrons. The van der Waals surface area contributed by atoms with Gasteiger partial charge in [0.2, 0.25) is 16.0 Å². The molecule has 0 unspecified atom stereocenters. The third-order valence-electron chi connectivity index (χ3n) is 7.50. The van der Waals surface area contributed by atoms with Crippen molar-refractivity contribution in [3.8, 4) is 0 Å². The SMILES string of the molecule is C[C@H]1CCCN(CCCNC(=O)C2CCN(c3nn4c(=O)c5c(nc4s3)CCCC5)CC2)C1. The number of carbonyl (C=O) groups excluding carboxylic acids is 1. The number of fused-ring (bicyclic) bond motifs is 2. The summed E-state index contributed by atoms with van der Waals surface area (Å²) in [6.07, 6.45) is 9.18. The number of hydrogen-bond donors (Lipinski definition) is 1. The molecule has 0 bridgehead atoms. The predicted molar refractivity (Wildman–Crippen MR) is 131 cm³/mol. The zero-order chi connectivity index (χ0) is 22.8. The highest BCUT2D eigenvalue weighted by atomic mass is 32.1. The van der Waals surface area contributed by atoms with Crippen LogP contribution >= 0.6 is 11.3 Å². The third kappa shape index (κ3) is 5.09. The van der Waals surface area contributed by atoms with E-state index >= 15 is 0 Å². The van der Waals surface area contributed by atoms with Gasteiger partial charge >= 0.3 is 0 Å². The van der Waals surface area contributed by atoms with Crippen molar-refractivity contribution in [3.05, 3.63) is 21.6 Å². The minimum atomic E-state index is 0.00507. The maximum Gasteiger partial charge on any atom is 0.278 e. The van der Waals surface area contributed by atoms with E-state index < -0.39 is 0 Å². The smallest absolute Gasteiger partial charge is 0.278 e. The van der Waals surface area contributed by atoms with E-state index in [4.69, 9.17) is 4.98 Å². The van der Waals surface area contributed by atoms with Gasteiger partial charge in [0.25, 0.3) is 5.56 Å². The second-order valence-corrected chi connectivity index (χ2v) is 11.0. The minimum absolute atomic E-state index is 0.00507. The number of anilines is 1. The van der Waals surface area contributed by atoms with Gasteiger partial charge in [-0.05, 0) is 76.8 Å². The van der Waals surface area contributed by atoms with Crippen LogP contribution in [0, 0.1) is 11.8 Å². The van der Waals surface area contributed by atoms with E-state index in [9.17, 15) is 9.59 Å². The number of rotatable bonds is 6. The van der Waals surface area contributed by atoms with E-state index in [1.807, 2.05) is 0 Å². The Morgan fingerprint density at radius 1 is 1.12 bits per heavy atom. The van der Waals surface area contributed by atoms with Crippen LogP contribution in [0.2, 0.25) is 0 Å². The van der Waals surface area contributed by atoms with Gasteiger partial charge in [0.05, 0.1) is 5.69 Å². The molecule has 1 amide bonds. The normalized spacial score (nSPS) is 22.5. The lowest BCUT2D eigenvalue weighted by Gasteiger charge is -2.31. The molecule has 2 saturated heterocycles. The number of amides is 1. The number of carbonyl (C=O) groups is 1. The molecule has 33 heavy (non-hydrogen) atoms. The topological polar surface area (TPSA) is 82.8 Å². The van der Waals surface area contributed by atoms with Crippen molar-refractivity contribution < 1.29 is 4.79 Å². The van der Waals surface area contributed by atoms with E-state index in [0.717, 1.165) is 93.4 Å². The molecule has 180 valence electrons. The molecule has 9 heteroatoms. The molecular formula is C24H36N6O2S. The van der Waals surface area contributed by atoms with Gasteiger partial charge in [-0.1, -0.05) is 18.3 Å². The van der Waals surface area contributed by atoms with E-state index in [0.29, 0.717) is 4.96 Å². The summed E-state index contributed by atoms with van der Waals surface area (Å²) in [7, 11) is 0. The molecule has 1 aliphatic carbocycles. The molecule has 2 aliphatic heterocycles. The van der Waals surface area contributed by atoms with Gasteiger partial charge in [-0.2, -0.15) is 4.52 Å². The second kappa shape index (κ2) is 10.1. The molecule has 2 aromatic heterocycles. The molecular weight excluding hydrogens is 436 g/mol. The van der Waals surface area contributed by atoms with Crippen LogP contribution in [-0.4, -0.2) is 64.7 Å². The molecule has 2 fully saturated rings. The van der Waals surface area contributed by atoms with Gasteiger partial charge in [-0.25, -0.2) is 4.98 Å². The van der Waals surface area contributed by atoms with Crippen LogP contribution in [0.1, 0.15) is 63.1 Å². The zero-order valence-electron chi connectivity index (χ0n) is 19.7. The Labute approximate surface area is 199 Å². The third-order valence-corrected chi connectivity index (χ3v) is 8.47. The molecule has 1 atom stereocenters. The van der Waals surface area contributed by atoms with Crippen LogP contribution in [0.15, 0.2) is 4.79 Å². The average Bonchev–Trinajstić information content (AvgIpc) is 3.26. The maximum absolute atomic E-state index is 12.8. The standard InChI is InChI=1S/C24H36N6O2S/c1-17-6-4-12-28(16-17)13-5-11-25-21(31)18-9-14-29(15-10-18)24-27-30-22(32)19-7-2-3-8-20(19)26-23(30)33-24/h17-18H,2-16H2,1H3,(H,25,31)/t17-/m0/s1. The first kappa shape index (κ1) is 22.8. The summed E-state index contributed by atoms with van der Waals surface area (Å²) in [6, 6.07) is 0. The van der Waals surface area contributed by atoms with Crippen LogP contribution in [-0.2, 0) is 17.6 Å². The van der Waals surface area contributed by atoms with Crippen molar-refractivity contribution in [2.75, 3.05) is 44.2 Å². The fraction of sp³-hybridized carbons (Fsp3) is 0.750. The molecule has 4 heterocycles. The predicted octanol–water partition coefficient (Wildman–Crippen LogP) is 2.48. The summed E-state index contributed by atoms with van der Waals surface area (Å²) in [5.74, 6) is 1.06. The number of nitrogens with one attached hydrogen (secondary N) is 1. The first-order valence-electron chi connectivity index (χ1n) is 12.7. The van der Waals surface area contributed by atoms with Gasteiger partial charge in [0.15, 0.2) is 0 Å². The highest BCUT2D eigenvalue weighted by molar-refractivity contribution is 7.20. The van der Waals surface area contributed by atoms with Crippen LogP contribution in [0.25, 0.3) is 4.96 Å². The lowest BCUT2D eigenvalue weighted by atomic mass is 9.96. The van der Waals surface area contributed by atoms with Crippen molar-refractivity contribution >= 4 is 27.3 Å². The lowest BCUT2D eigenvalue weighted by molar-refractivity contribution is -0.125. The monoisotopic (exact) mass is 472 g/mol. The molecule has 8 nitrogen and oxygen atoms in total. The molecule has 3 aliphatic rings. The Bertz CT molecular complexity index is 1040. The number of likely N-dealkylation sites (tertiary alicyclic amines) is 1. The van der Waals surface area contributed by atoms with E-state index in [1.54, 1.807) is 0 Å². The molecule has 1 N–H and O–H groups in total. The molecule has 5 rings (SSSR count). The fourth-order valence-corrected chi connectivity index (χ4v) is 6.54. The van der Waals surface area contributed by atoms with Crippen LogP contribution in [0.4, 0.5) is 5.13 Å². The number of nitrogens with zero attached hydrogens (tertiary/aromatic N) is 5. The second-order valence-electron chi connectivity index (χ2n) is 10.1. The summed E-state index contributed by atoms with van der Waals surface area (Å²) >= 11 is 1.49. The Hall–Kier alpha value is -2.00. The average molecular weight is 473 g/mol. The maximum atomic E-state index is 12.8. The van der Waals surface area contributed by atoms with E-state index in [-0.39, 0.29) is 17.4 Å². The van der Waals surface area contributed by atoms with Gasteiger partial charge in [-0.15, -0.1) is 5.10 Å². The largest absolute Gasteiger partial charge is 0.356 e. The Kier molecular flexibility index (Phi) is 6.97. The van der Waals surface area contributed by atoms with Gasteiger partial charge in [0.1, 0.15) is 0 Å². The van der Waals surface area contributed by atoms with Crippen LogP contribution in [0.3, 0.4) is 0 Å². The number of aryl methyl sites for hydroxylation is 1. The Balaban J connectivity index is 1.11. The molecule has 0 aromatic carbocycles. The number of aromatic nitrogens is 3. The molecule has 2 aromatic rings. The molecule has 0 saturated carbocycles. The Morgan fingerprint density at radius 3 is 2.76 bits per heavy atom. The van der Waals surface area contributed by atoms with E-state index in [1.165, 1.54) is 41.8 Å². The summed E-state index contributed by atoms with van der Waals surface area (Å²) in [5, 5.41) is 8.61. The van der Waals surface area contributed by atoms with Crippen molar-refractivity contribution in [1.82, 2.24) is 24.8 Å². The first-order chi connectivity index (χ1) is 16.1. The molecule has 0 spiro atoms. The van der Waals surface area contributed by atoms with Crippen molar-refractivity contribution in [1.29, 1.82) is 0 Å². The van der Waals surface area contributed by atoms with Crippen LogP contribution < -0.4 is 15.8 Å². The van der Waals surface area contributed by atoms with Crippen molar-refractivity contribution in [3.63, 3.8) is 0 Å². The summed E-state index contributed by atoms with van der Waals surface area (Å²) in [4.78, 5) is 35.7. The lowest BCUT2D eigenvalue weighted by Crippen LogP contribution is -2.41. The highest BCUT2D eigenvalue weighted by Gasteiger charge is 2.27. The minimum Gasteiger partial charge on any atom is -0.356 e. The van der Waals surface area contributed by atoms with Gasteiger partial charge < -0.3 is 15.1 Å². The summed E-state index contributed by atoms with van der Waals surface area (Å²) in [6.45, 7) is 8.15. The van der Waals surface area contributed by atoms with Crippen molar-refractivity contribution in [2.45, 2.75) is 64.7 Å². The highest BCUT2D eigenvalue weighted by Crippen LogP contribution is 2.28. The number of piperidine rings is 2. The van der Waals surface area contributed by atoms with E-state index in [2.05, 4.69) is 27.1 Å². The quantitative estimate of drug-likeness (QED) is 0.651. The van der Waals surface area contributed by atoms with Gasteiger partial charge in [0, 0.05) is 37.7 Å². The Morgan fingerprint density at radius 2 is 1.94 bits per heavy atom. The zero-order valence-corrected chi connectivity index (χ0v) is 20.5. The van der Waals surface area contributed by atoms with Gasteiger partial charge in [-0.3, -0.25) is 9.59 Å². The number of hydrogen-bond acceptors (Lipinski definition) is 7. The van der Waals surface area contributed by atoms with Crippen molar-refractivity contribution in [2.24, 2.45) is 11.8 Å². The summed E-state index contributed by atoms with van der Waals surface area (Å²) in [5.41, 5.74) is 1.82. The fourth-order valence-electron chi connectivity index (χ4n) is 5.57. The first-order valence-corrected chi connectivity index (χ1v) is 13.6. The summed E-state index contributed by atoms with van der Waals surface area (Å²) < 4.78 is 1.49.